The summed E-state index contributed by atoms with van der Waals surface area (Å²) in [5.74, 6) is -0.186. The van der Waals surface area contributed by atoms with Crippen LogP contribution >= 0.6 is 0 Å². The zero-order chi connectivity index (χ0) is 13.0. The van der Waals surface area contributed by atoms with Gasteiger partial charge in [-0.05, 0) is 50.1 Å². The van der Waals surface area contributed by atoms with Gasteiger partial charge in [0.15, 0.2) is 5.78 Å². The van der Waals surface area contributed by atoms with Crippen molar-refractivity contribution in [2.24, 2.45) is 0 Å². The smallest absolute Gasteiger partial charge is 0.164 e. The summed E-state index contributed by atoms with van der Waals surface area (Å²) in [5.41, 5.74) is 0.614. The van der Waals surface area contributed by atoms with E-state index in [1.165, 1.54) is 25.0 Å². The normalized spacial score (nSPS) is 20.2. The molecule has 1 unspecified atom stereocenters. The van der Waals surface area contributed by atoms with Gasteiger partial charge < -0.3 is 0 Å². The molecule has 18 heavy (non-hydrogen) atoms. The maximum atomic E-state index is 12.8. The molecule has 2 rings (SSSR count). The van der Waals surface area contributed by atoms with E-state index in [9.17, 15) is 9.18 Å². The Morgan fingerprint density at radius 1 is 1.39 bits per heavy atom. The van der Waals surface area contributed by atoms with E-state index in [-0.39, 0.29) is 11.6 Å². The van der Waals surface area contributed by atoms with Crippen molar-refractivity contribution in [2.45, 2.75) is 38.6 Å². The molecule has 0 radical (unpaired) electrons. The van der Waals surface area contributed by atoms with Crippen LogP contribution in [-0.2, 0) is 0 Å². The monoisotopic (exact) mass is 249 g/mol. The lowest BCUT2D eigenvalue weighted by Gasteiger charge is -2.22. The fraction of sp³-hybridized carbons (Fsp3) is 0.533. The van der Waals surface area contributed by atoms with Crippen LogP contribution in [0, 0.1) is 5.82 Å². The van der Waals surface area contributed by atoms with Crippen LogP contribution in [0.3, 0.4) is 0 Å². The number of hydrogen-bond acceptors (Lipinski definition) is 2. The van der Waals surface area contributed by atoms with Gasteiger partial charge in [0.05, 0.1) is 0 Å². The van der Waals surface area contributed by atoms with Gasteiger partial charge in [-0.2, -0.15) is 0 Å². The highest BCUT2D eigenvalue weighted by molar-refractivity contribution is 5.96. The first kappa shape index (κ1) is 13.2. The number of nitrogens with zero attached hydrogens (tertiary/aromatic N) is 1. The summed E-state index contributed by atoms with van der Waals surface area (Å²) in [4.78, 5) is 14.4. The zero-order valence-corrected chi connectivity index (χ0v) is 10.9. The van der Waals surface area contributed by atoms with Crippen molar-refractivity contribution in [3.8, 4) is 0 Å². The highest BCUT2D eigenvalue weighted by Gasteiger charge is 2.22. The van der Waals surface area contributed by atoms with Gasteiger partial charge in [0, 0.05) is 24.6 Å². The average Bonchev–Trinajstić information content (AvgIpc) is 2.84. The Labute approximate surface area is 108 Å². The van der Waals surface area contributed by atoms with E-state index in [2.05, 4.69) is 11.8 Å². The number of halogens is 1. The molecule has 98 valence electrons. The van der Waals surface area contributed by atoms with Crippen LogP contribution in [0.5, 0.6) is 0 Å². The van der Waals surface area contributed by atoms with Crippen molar-refractivity contribution >= 4 is 5.78 Å². The second kappa shape index (κ2) is 6.10. The Bertz CT molecular complexity index is 401. The third kappa shape index (κ3) is 3.16. The molecule has 0 aromatic heterocycles. The summed E-state index contributed by atoms with van der Waals surface area (Å²) in [7, 11) is 0. The minimum atomic E-state index is -0.294. The molecule has 1 heterocycles. The van der Waals surface area contributed by atoms with Crippen LogP contribution in [0.2, 0.25) is 0 Å². The van der Waals surface area contributed by atoms with Gasteiger partial charge in [-0.1, -0.05) is 6.92 Å². The molecule has 2 nitrogen and oxygen atoms in total. The van der Waals surface area contributed by atoms with Gasteiger partial charge >= 0.3 is 0 Å². The molecule has 1 saturated heterocycles. The third-order valence-corrected chi connectivity index (χ3v) is 3.76. The molecule has 0 amide bonds. The first-order valence-corrected chi connectivity index (χ1v) is 6.73. The maximum Gasteiger partial charge on any atom is 0.164 e. The predicted molar refractivity (Wildman–Crippen MR) is 70.2 cm³/mol. The number of hydrogen-bond donors (Lipinski definition) is 0. The van der Waals surface area contributed by atoms with Crippen molar-refractivity contribution in [3.05, 3.63) is 35.6 Å². The second-order valence-electron chi connectivity index (χ2n) is 4.92. The number of rotatable bonds is 5. The van der Waals surface area contributed by atoms with E-state index < -0.39 is 0 Å². The summed E-state index contributed by atoms with van der Waals surface area (Å²) in [6.45, 7) is 4.13. The van der Waals surface area contributed by atoms with Crippen LogP contribution in [0.25, 0.3) is 0 Å². The molecule has 1 aliphatic rings. The highest BCUT2D eigenvalue weighted by atomic mass is 19.1. The molecule has 3 heteroatoms. The lowest BCUT2D eigenvalue weighted by atomic mass is 10.1. The van der Waals surface area contributed by atoms with E-state index in [1.54, 1.807) is 12.1 Å². The van der Waals surface area contributed by atoms with Crippen molar-refractivity contribution < 1.29 is 9.18 Å². The number of carbonyl (C=O) groups is 1. The number of benzene rings is 1. The molecule has 0 spiro atoms. The first-order chi connectivity index (χ1) is 8.70. The number of carbonyl (C=O) groups excluding carboxylic acids is 1. The van der Waals surface area contributed by atoms with Crippen molar-refractivity contribution in [3.63, 3.8) is 0 Å². The molecular formula is C15H20FNO. The molecule has 0 bridgehead atoms. The molecule has 1 aliphatic heterocycles. The quantitative estimate of drug-likeness (QED) is 0.746. The van der Waals surface area contributed by atoms with Gasteiger partial charge in [0.1, 0.15) is 5.82 Å². The van der Waals surface area contributed by atoms with E-state index in [0.29, 0.717) is 18.0 Å². The Morgan fingerprint density at radius 3 is 2.78 bits per heavy atom. The van der Waals surface area contributed by atoms with E-state index in [0.717, 1.165) is 19.5 Å². The Morgan fingerprint density at radius 2 is 2.11 bits per heavy atom. The van der Waals surface area contributed by atoms with Gasteiger partial charge in [0.25, 0.3) is 0 Å². The number of ketones is 1. The largest absolute Gasteiger partial charge is 0.300 e. The second-order valence-corrected chi connectivity index (χ2v) is 4.92. The lowest BCUT2D eigenvalue weighted by molar-refractivity contribution is 0.0960. The van der Waals surface area contributed by atoms with Crippen LogP contribution in [0.4, 0.5) is 4.39 Å². The topological polar surface area (TPSA) is 20.3 Å². The van der Waals surface area contributed by atoms with Crippen molar-refractivity contribution in [2.75, 3.05) is 13.1 Å². The molecule has 1 fully saturated rings. The third-order valence-electron chi connectivity index (χ3n) is 3.76. The summed E-state index contributed by atoms with van der Waals surface area (Å²) in [5, 5.41) is 0. The van der Waals surface area contributed by atoms with E-state index >= 15 is 0 Å². The van der Waals surface area contributed by atoms with Gasteiger partial charge in [-0.15, -0.1) is 0 Å². The highest BCUT2D eigenvalue weighted by Crippen LogP contribution is 2.20. The average molecular weight is 249 g/mol. The molecular weight excluding hydrogens is 229 g/mol. The van der Waals surface area contributed by atoms with Gasteiger partial charge in [-0.3, -0.25) is 9.69 Å². The Hall–Kier alpha value is -1.22. The van der Waals surface area contributed by atoms with Gasteiger partial charge in [0.2, 0.25) is 0 Å². The number of likely N-dealkylation sites (tertiary alicyclic amines) is 1. The van der Waals surface area contributed by atoms with E-state index in [4.69, 9.17) is 0 Å². The van der Waals surface area contributed by atoms with Crippen LogP contribution in [0.1, 0.15) is 43.0 Å². The Balaban J connectivity index is 1.86. The first-order valence-electron chi connectivity index (χ1n) is 6.73. The molecule has 1 aromatic rings. The zero-order valence-electron chi connectivity index (χ0n) is 10.9. The molecule has 1 atom stereocenters. The molecule has 1 aromatic carbocycles. The standard InChI is InChI=1S/C15H20FNO/c1-2-14-4-3-10-17(14)11-9-15(18)12-5-7-13(16)8-6-12/h5-8,14H,2-4,9-11H2,1H3. The van der Waals surface area contributed by atoms with Gasteiger partial charge in [-0.25, -0.2) is 4.39 Å². The Kier molecular flexibility index (Phi) is 4.48. The predicted octanol–water partition coefficient (Wildman–Crippen LogP) is 3.27. The fourth-order valence-electron chi connectivity index (χ4n) is 2.68. The van der Waals surface area contributed by atoms with Crippen molar-refractivity contribution in [1.82, 2.24) is 4.90 Å². The van der Waals surface area contributed by atoms with Crippen molar-refractivity contribution in [1.29, 1.82) is 0 Å². The maximum absolute atomic E-state index is 12.8. The summed E-state index contributed by atoms with van der Waals surface area (Å²) < 4.78 is 12.8. The van der Waals surface area contributed by atoms with E-state index in [1.807, 2.05) is 0 Å². The fourth-order valence-corrected chi connectivity index (χ4v) is 2.68. The van der Waals surface area contributed by atoms with Crippen LogP contribution in [0.15, 0.2) is 24.3 Å². The number of Topliss-reactive ketones (excluding diaryl/α,β-unsaturated/α-hetero) is 1. The molecule has 0 N–H and O–H groups in total. The lowest BCUT2D eigenvalue weighted by Crippen LogP contribution is -2.30. The summed E-state index contributed by atoms with van der Waals surface area (Å²) >= 11 is 0. The molecule has 0 aliphatic carbocycles. The van der Waals surface area contributed by atoms with Crippen LogP contribution < -0.4 is 0 Å². The summed E-state index contributed by atoms with van der Waals surface area (Å²) in [6.07, 6.45) is 4.18. The molecule has 0 saturated carbocycles. The van der Waals surface area contributed by atoms with Crippen LogP contribution in [-0.4, -0.2) is 29.8 Å². The SMILES string of the molecule is CCC1CCCN1CCC(=O)c1ccc(F)cc1. The minimum absolute atomic E-state index is 0.108. The summed E-state index contributed by atoms with van der Waals surface area (Å²) in [6, 6.07) is 6.47. The minimum Gasteiger partial charge on any atom is -0.300 e.